The van der Waals surface area contributed by atoms with Crippen LogP contribution in [0.5, 0.6) is 0 Å². The van der Waals surface area contributed by atoms with Crippen molar-refractivity contribution in [1.29, 1.82) is 0 Å². The molecule has 1 N–H and O–H groups in total. The van der Waals surface area contributed by atoms with Gasteiger partial charge in [-0.2, -0.15) is 0 Å². The van der Waals surface area contributed by atoms with Crippen LogP contribution in [0.3, 0.4) is 0 Å². The van der Waals surface area contributed by atoms with Crippen LogP contribution in [0.4, 0.5) is 4.39 Å². The maximum absolute atomic E-state index is 13.9. The minimum Gasteiger partial charge on any atom is -0.313 e. The first-order chi connectivity index (χ1) is 7.63. The van der Waals surface area contributed by atoms with Crippen molar-refractivity contribution < 1.29 is 4.39 Å². The van der Waals surface area contributed by atoms with Crippen LogP contribution in [0, 0.1) is 11.7 Å². The van der Waals surface area contributed by atoms with Crippen molar-refractivity contribution >= 4 is 15.9 Å². The fourth-order valence-corrected chi connectivity index (χ4v) is 2.49. The Labute approximate surface area is 106 Å². The normalized spacial score (nSPS) is 13.1. The molecule has 16 heavy (non-hydrogen) atoms. The topological polar surface area (TPSA) is 12.0 Å². The zero-order chi connectivity index (χ0) is 12.1. The molecule has 0 fully saturated rings. The van der Waals surface area contributed by atoms with E-state index in [1.165, 1.54) is 6.07 Å². The Hall–Kier alpha value is -0.410. The second-order valence-electron chi connectivity index (χ2n) is 4.01. The van der Waals surface area contributed by atoms with Gasteiger partial charge >= 0.3 is 0 Å². The third-order valence-corrected chi connectivity index (χ3v) is 3.62. The Morgan fingerprint density at radius 3 is 2.38 bits per heavy atom. The number of rotatable bonds is 5. The lowest BCUT2D eigenvalue weighted by atomic mass is 9.89. The summed E-state index contributed by atoms with van der Waals surface area (Å²) >= 11 is 3.28. The molecule has 0 spiro atoms. The largest absolute Gasteiger partial charge is 0.313 e. The molecule has 1 rings (SSSR count). The van der Waals surface area contributed by atoms with Gasteiger partial charge in [0, 0.05) is 16.1 Å². The first-order valence-electron chi connectivity index (χ1n) is 5.76. The van der Waals surface area contributed by atoms with E-state index in [1.807, 2.05) is 19.2 Å². The molecule has 3 heteroatoms. The first-order valence-corrected chi connectivity index (χ1v) is 6.55. The number of hydrogen-bond acceptors (Lipinski definition) is 1. The Morgan fingerprint density at radius 1 is 1.31 bits per heavy atom. The lowest BCUT2D eigenvalue weighted by molar-refractivity contribution is 0.350. The summed E-state index contributed by atoms with van der Waals surface area (Å²) in [5.41, 5.74) is 0.763. The Morgan fingerprint density at radius 2 is 1.94 bits per heavy atom. The molecule has 1 aromatic carbocycles. The Balaban J connectivity index is 3.03. The molecule has 0 amide bonds. The zero-order valence-corrected chi connectivity index (χ0v) is 11.6. The molecule has 0 aliphatic carbocycles. The molecule has 0 bridgehead atoms. The van der Waals surface area contributed by atoms with Gasteiger partial charge in [0.05, 0.1) is 0 Å². The molecule has 1 nitrogen and oxygen atoms in total. The van der Waals surface area contributed by atoms with Crippen LogP contribution in [0.25, 0.3) is 0 Å². The molecule has 0 saturated carbocycles. The number of nitrogens with one attached hydrogen (secondary N) is 1. The molecule has 1 aromatic rings. The highest BCUT2D eigenvalue weighted by Crippen LogP contribution is 2.29. The van der Waals surface area contributed by atoms with Crippen LogP contribution >= 0.6 is 15.9 Å². The molecular weight excluding hydrogens is 269 g/mol. The van der Waals surface area contributed by atoms with Gasteiger partial charge in [0.1, 0.15) is 5.82 Å². The van der Waals surface area contributed by atoms with Crippen molar-refractivity contribution in [2.45, 2.75) is 32.7 Å². The van der Waals surface area contributed by atoms with Crippen LogP contribution in [0.15, 0.2) is 22.7 Å². The second-order valence-corrected chi connectivity index (χ2v) is 4.92. The average Bonchev–Trinajstić information content (AvgIpc) is 2.27. The van der Waals surface area contributed by atoms with Crippen LogP contribution in [0.1, 0.15) is 38.3 Å². The van der Waals surface area contributed by atoms with Crippen molar-refractivity contribution in [2.75, 3.05) is 7.05 Å². The minimum absolute atomic E-state index is 0.100. The maximum atomic E-state index is 13.9. The van der Waals surface area contributed by atoms with Gasteiger partial charge in [-0.25, -0.2) is 4.39 Å². The van der Waals surface area contributed by atoms with Gasteiger partial charge in [0.2, 0.25) is 0 Å². The highest BCUT2D eigenvalue weighted by Gasteiger charge is 2.21. The number of halogens is 2. The predicted octanol–water partition coefficient (Wildman–Crippen LogP) is 4.28. The summed E-state index contributed by atoms with van der Waals surface area (Å²) in [4.78, 5) is 0. The first kappa shape index (κ1) is 13.7. The fourth-order valence-electron chi connectivity index (χ4n) is 2.16. The summed E-state index contributed by atoms with van der Waals surface area (Å²) in [7, 11) is 1.89. The van der Waals surface area contributed by atoms with Gasteiger partial charge in [0.25, 0.3) is 0 Å². The standard InChI is InChI=1S/C13H19BrFN/c1-4-9(5-2)13(16-3)11-7-6-10(14)8-12(11)15/h6-9,13,16H,4-5H2,1-3H3. The lowest BCUT2D eigenvalue weighted by Crippen LogP contribution is -2.25. The third-order valence-electron chi connectivity index (χ3n) is 3.13. The minimum atomic E-state index is -0.138. The van der Waals surface area contributed by atoms with Crippen LogP contribution < -0.4 is 5.32 Å². The van der Waals surface area contributed by atoms with Crippen LogP contribution in [-0.4, -0.2) is 7.05 Å². The molecule has 1 unspecified atom stereocenters. The summed E-state index contributed by atoms with van der Waals surface area (Å²) < 4.78 is 14.6. The van der Waals surface area contributed by atoms with Gasteiger partial charge < -0.3 is 5.32 Å². The molecular formula is C13H19BrFN. The number of benzene rings is 1. The van der Waals surface area contributed by atoms with E-state index in [1.54, 1.807) is 0 Å². The molecule has 0 aliphatic rings. The maximum Gasteiger partial charge on any atom is 0.129 e. The van der Waals surface area contributed by atoms with Crippen molar-refractivity contribution in [3.63, 3.8) is 0 Å². The van der Waals surface area contributed by atoms with E-state index in [0.717, 1.165) is 22.9 Å². The highest BCUT2D eigenvalue weighted by atomic mass is 79.9. The van der Waals surface area contributed by atoms with Gasteiger partial charge in [-0.15, -0.1) is 0 Å². The van der Waals surface area contributed by atoms with Crippen LogP contribution in [-0.2, 0) is 0 Å². The van der Waals surface area contributed by atoms with E-state index in [9.17, 15) is 4.39 Å². The number of hydrogen-bond donors (Lipinski definition) is 1. The summed E-state index contributed by atoms with van der Waals surface area (Å²) in [6, 6.07) is 5.38. The summed E-state index contributed by atoms with van der Waals surface area (Å²) in [5.74, 6) is 0.335. The monoisotopic (exact) mass is 287 g/mol. The van der Waals surface area contributed by atoms with E-state index < -0.39 is 0 Å². The predicted molar refractivity (Wildman–Crippen MR) is 70.0 cm³/mol. The Bertz CT molecular complexity index is 337. The SMILES string of the molecule is CCC(CC)C(NC)c1ccc(Br)cc1F. The van der Waals surface area contributed by atoms with Crippen molar-refractivity contribution in [1.82, 2.24) is 5.32 Å². The van der Waals surface area contributed by atoms with E-state index >= 15 is 0 Å². The quantitative estimate of drug-likeness (QED) is 0.852. The highest BCUT2D eigenvalue weighted by molar-refractivity contribution is 9.10. The average molecular weight is 288 g/mol. The Kier molecular flexibility index (Phi) is 5.42. The van der Waals surface area contributed by atoms with E-state index in [-0.39, 0.29) is 11.9 Å². The fraction of sp³-hybridized carbons (Fsp3) is 0.538. The van der Waals surface area contributed by atoms with Gasteiger partial charge in [-0.3, -0.25) is 0 Å². The van der Waals surface area contributed by atoms with Crippen molar-refractivity contribution in [3.05, 3.63) is 34.1 Å². The van der Waals surface area contributed by atoms with E-state index in [0.29, 0.717) is 5.92 Å². The van der Waals surface area contributed by atoms with Gasteiger partial charge in [-0.1, -0.05) is 48.7 Å². The van der Waals surface area contributed by atoms with Gasteiger partial charge in [-0.05, 0) is 25.1 Å². The summed E-state index contributed by atoms with van der Waals surface area (Å²) in [5, 5.41) is 3.23. The lowest BCUT2D eigenvalue weighted by Gasteiger charge is -2.25. The van der Waals surface area contributed by atoms with Crippen molar-refractivity contribution in [3.8, 4) is 0 Å². The molecule has 0 aliphatic heterocycles. The smallest absolute Gasteiger partial charge is 0.129 e. The second kappa shape index (κ2) is 6.36. The summed E-state index contributed by atoms with van der Waals surface area (Å²) in [6.07, 6.45) is 2.11. The molecule has 90 valence electrons. The van der Waals surface area contributed by atoms with Crippen molar-refractivity contribution in [2.24, 2.45) is 5.92 Å². The molecule has 1 atom stereocenters. The van der Waals surface area contributed by atoms with Crippen LogP contribution in [0.2, 0.25) is 0 Å². The molecule has 0 saturated heterocycles. The molecule has 0 heterocycles. The molecule has 0 radical (unpaired) electrons. The van der Waals surface area contributed by atoms with Gasteiger partial charge in [0.15, 0.2) is 0 Å². The molecule has 0 aromatic heterocycles. The zero-order valence-electron chi connectivity index (χ0n) is 10.1. The third kappa shape index (κ3) is 3.05. The summed E-state index contributed by atoms with van der Waals surface area (Å²) in [6.45, 7) is 4.30. The van der Waals surface area contributed by atoms with E-state index in [2.05, 4.69) is 35.1 Å². The van der Waals surface area contributed by atoms with E-state index in [4.69, 9.17) is 0 Å².